The van der Waals surface area contributed by atoms with E-state index in [1.807, 2.05) is 47.0 Å². The summed E-state index contributed by atoms with van der Waals surface area (Å²) in [5.41, 5.74) is 2.20. The molecular formula is C24H20FN5OS. The number of amides is 1. The van der Waals surface area contributed by atoms with Gasteiger partial charge in [0.15, 0.2) is 11.0 Å². The number of allylic oxidation sites excluding steroid dienone is 1. The number of aromatic nitrogens is 4. The predicted octanol–water partition coefficient (Wildman–Crippen LogP) is 5.14. The van der Waals surface area contributed by atoms with Crippen molar-refractivity contribution in [2.75, 3.05) is 5.32 Å². The molecule has 0 aliphatic rings. The van der Waals surface area contributed by atoms with Crippen molar-refractivity contribution in [1.82, 2.24) is 19.7 Å². The van der Waals surface area contributed by atoms with Crippen LogP contribution in [0.15, 0.2) is 96.9 Å². The van der Waals surface area contributed by atoms with Crippen molar-refractivity contribution in [2.24, 2.45) is 0 Å². The van der Waals surface area contributed by atoms with Crippen LogP contribution < -0.4 is 5.32 Å². The van der Waals surface area contributed by atoms with Crippen molar-refractivity contribution in [2.45, 2.75) is 17.0 Å². The zero-order chi connectivity index (χ0) is 22.3. The number of benzene rings is 2. The first-order valence-electron chi connectivity index (χ1n) is 9.88. The quantitative estimate of drug-likeness (QED) is 0.300. The third-order valence-corrected chi connectivity index (χ3v) is 5.88. The average molecular weight is 446 g/mol. The van der Waals surface area contributed by atoms with E-state index in [0.717, 1.165) is 11.1 Å². The zero-order valence-corrected chi connectivity index (χ0v) is 17.9. The maximum absolute atomic E-state index is 13.2. The highest BCUT2D eigenvalue weighted by Crippen LogP contribution is 2.36. The smallest absolute Gasteiger partial charge is 0.242 e. The summed E-state index contributed by atoms with van der Waals surface area (Å²) in [6, 6.07) is 18.8. The summed E-state index contributed by atoms with van der Waals surface area (Å²) in [4.78, 5) is 17.3. The van der Waals surface area contributed by atoms with Crippen molar-refractivity contribution in [1.29, 1.82) is 0 Å². The van der Waals surface area contributed by atoms with Gasteiger partial charge in [0.1, 0.15) is 11.1 Å². The Morgan fingerprint density at radius 3 is 2.47 bits per heavy atom. The molecule has 4 rings (SSSR count). The van der Waals surface area contributed by atoms with E-state index in [1.165, 1.54) is 36.0 Å². The number of rotatable bonds is 8. The molecule has 1 N–H and O–H groups in total. The van der Waals surface area contributed by atoms with Crippen molar-refractivity contribution in [3.05, 3.63) is 103 Å². The fourth-order valence-corrected chi connectivity index (χ4v) is 4.18. The minimum atomic E-state index is -0.598. The molecule has 1 amide bonds. The van der Waals surface area contributed by atoms with E-state index in [0.29, 0.717) is 23.2 Å². The van der Waals surface area contributed by atoms with Crippen LogP contribution >= 0.6 is 11.8 Å². The van der Waals surface area contributed by atoms with Gasteiger partial charge in [0.25, 0.3) is 0 Å². The molecular weight excluding hydrogens is 425 g/mol. The van der Waals surface area contributed by atoms with Gasteiger partial charge in [0, 0.05) is 30.2 Å². The molecule has 0 fully saturated rings. The second-order valence-electron chi connectivity index (χ2n) is 6.85. The molecule has 2 aromatic carbocycles. The fourth-order valence-electron chi connectivity index (χ4n) is 3.13. The van der Waals surface area contributed by atoms with Gasteiger partial charge < -0.3 is 5.32 Å². The molecule has 0 unspecified atom stereocenters. The highest BCUT2D eigenvalue weighted by molar-refractivity contribution is 8.00. The monoisotopic (exact) mass is 445 g/mol. The highest BCUT2D eigenvalue weighted by atomic mass is 32.2. The van der Waals surface area contributed by atoms with Crippen molar-refractivity contribution < 1.29 is 9.18 Å². The highest BCUT2D eigenvalue weighted by Gasteiger charge is 2.26. The Hall–Kier alpha value is -3.78. The Morgan fingerprint density at radius 2 is 1.78 bits per heavy atom. The maximum Gasteiger partial charge on any atom is 0.242 e. The summed E-state index contributed by atoms with van der Waals surface area (Å²) < 4.78 is 15.2. The molecule has 32 heavy (non-hydrogen) atoms. The number of carbonyl (C=O) groups excluding carboxylic acids is 1. The topological polar surface area (TPSA) is 72.7 Å². The van der Waals surface area contributed by atoms with E-state index in [-0.39, 0.29) is 11.7 Å². The Balaban J connectivity index is 1.67. The van der Waals surface area contributed by atoms with Crippen molar-refractivity contribution in [3.8, 4) is 11.4 Å². The summed E-state index contributed by atoms with van der Waals surface area (Å²) in [7, 11) is 0. The minimum absolute atomic E-state index is 0.244. The number of halogens is 1. The van der Waals surface area contributed by atoms with Gasteiger partial charge in [-0.1, -0.05) is 48.2 Å². The molecule has 0 saturated heterocycles. The fraction of sp³-hybridized carbons (Fsp3) is 0.0833. The van der Waals surface area contributed by atoms with Gasteiger partial charge in [-0.2, -0.15) is 0 Å². The molecule has 8 heteroatoms. The SMILES string of the molecule is C=CCn1c(S[C@H](C(=O)Nc2ccc(F)cc2)c2ccccc2)nnc1-c1ccncc1. The van der Waals surface area contributed by atoms with Gasteiger partial charge in [-0.15, -0.1) is 16.8 Å². The van der Waals surface area contributed by atoms with Gasteiger partial charge >= 0.3 is 0 Å². The largest absolute Gasteiger partial charge is 0.325 e. The number of thioether (sulfide) groups is 1. The van der Waals surface area contributed by atoms with Crippen LogP contribution in [0, 0.1) is 5.82 Å². The molecule has 0 radical (unpaired) electrons. The van der Waals surface area contributed by atoms with Crippen LogP contribution in [0.3, 0.4) is 0 Å². The summed E-state index contributed by atoms with van der Waals surface area (Å²) in [5, 5.41) is 11.6. The molecule has 0 spiro atoms. The summed E-state index contributed by atoms with van der Waals surface area (Å²) >= 11 is 1.29. The number of carbonyl (C=O) groups is 1. The Bertz CT molecular complexity index is 1200. The molecule has 0 aliphatic heterocycles. The molecule has 160 valence electrons. The summed E-state index contributed by atoms with van der Waals surface area (Å²) in [6.07, 6.45) is 5.14. The molecule has 0 saturated carbocycles. The van der Waals surface area contributed by atoms with E-state index in [2.05, 4.69) is 27.1 Å². The molecule has 0 aliphatic carbocycles. The molecule has 4 aromatic rings. The Labute approximate surface area is 189 Å². The zero-order valence-electron chi connectivity index (χ0n) is 17.1. The predicted molar refractivity (Wildman–Crippen MR) is 124 cm³/mol. The summed E-state index contributed by atoms with van der Waals surface area (Å²) in [5.74, 6) is 0.0603. The number of hydrogen-bond donors (Lipinski definition) is 1. The molecule has 6 nitrogen and oxygen atoms in total. The van der Waals surface area contributed by atoms with E-state index in [1.54, 1.807) is 18.5 Å². The Morgan fingerprint density at radius 1 is 1.06 bits per heavy atom. The lowest BCUT2D eigenvalue weighted by atomic mass is 10.1. The second-order valence-corrected chi connectivity index (χ2v) is 7.92. The third-order valence-electron chi connectivity index (χ3n) is 4.64. The first-order valence-corrected chi connectivity index (χ1v) is 10.8. The first kappa shape index (κ1) is 21.5. The maximum atomic E-state index is 13.2. The van der Waals surface area contributed by atoms with Crippen LogP contribution in [0.4, 0.5) is 10.1 Å². The summed E-state index contributed by atoms with van der Waals surface area (Å²) in [6.45, 7) is 4.32. The third kappa shape index (κ3) is 4.92. The first-order chi connectivity index (χ1) is 15.7. The van der Waals surface area contributed by atoms with Gasteiger partial charge in [0.2, 0.25) is 5.91 Å². The van der Waals surface area contributed by atoms with E-state index in [9.17, 15) is 9.18 Å². The van der Waals surface area contributed by atoms with Gasteiger partial charge in [-0.25, -0.2) is 4.39 Å². The van der Waals surface area contributed by atoms with Crippen LogP contribution in [0.5, 0.6) is 0 Å². The van der Waals surface area contributed by atoms with Gasteiger partial charge in [0.05, 0.1) is 0 Å². The average Bonchev–Trinajstić information content (AvgIpc) is 3.22. The number of pyridine rings is 1. The van der Waals surface area contributed by atoms with E-state index < -0.39 is 5.25 Å². The molecule has 1 atom stereocenters. The second kappa shape index (κ2) is 10.0. The molecule has 2 aromatic heterocycles. The Kier molecular flexibility index (Phi) is 6.72. The lowest BCUT2D eigenvalue weighted by Crippen LogP contribution is -2.19. The van der Waals surface area contributed by atoms with Crippen molar-refractivity contribution >= 4 is 23.4 Å². The molecule has 0 bridgehead atoms. The minimum Gasteiger partial charge on any atom is -0.325 e. The van der Waals surface area contributed by atoms with E-state index >= 15 is 0 Å². The number of nitrogens with one attached hydrogen (secondary N) is 1. The number of hydrogen-bond acceptors (Lipinski definition) is 5. The molecule has 2 heterocycles. The van der Waals surface area contributed by atoms with Crippen LogP contribution in [-0.4, -0.2) is 25.7 Å². The van der Waals surface area contributed by atoms with Crippen LogP contribution in [0.1, 0.15) is 10.8 Å². The van der Waals surface area contributed by atoms with Crippen LogP contribution in [-0.2, 0) is 11.3 Å². The van der Waals surface area contributed by atoms with Gasteiger partial charge in [-0.05, 0) is 42.0 Å². The van der Waals surface area contributed by atoms with Crippen LogP contribution in [0.25, 0.3) is 11.4 Å². The lowest BCUT2D eigenvalue weighted by molar-refractivity contribution is -0.115. The van der Waals surface area contributed by atoms with Crippen molar-refractivity contribution in [3.63, 3.8) is 0 Å². The van der Waals surface area contributed by atoms with Gasteiger partial charge in [-0.3, -0.25) is 14.3 Å². The number of anilines is 1. The number of nitrogens with zero attached hydrogens (tertiary/aromatic N) is 4. The normalized spacial score (nSPS) is 11.7. The van der Waals surface area contributed by atoms with Crippen LogP contribution in [0.2, 0.25) is 0 Å². The van der Waals surface area contributed by atoms with E-state index in [4.69, 9.17) is 0 Å². The lowest BCUT2D eigenvalue weighted by Gasteiger charge is -2.17. The standard InChI is InChI=1S/C24H20FN5OS/c1-2-16-30-22(18-12-14-26-15-13-18)28-29-24(30)32-21(17-6-4-3-5-7-17)23(31)27-20-10-8-19(25)9-11-20/h2-15,21H,1,16H2,(H,27,31)/t21-/m0/s1.